The highest BCUT2D eigenvalue weighted by Gasteiger charge is 2.18. The third-order valence-electron chi connectivity index (χ3n) is 4.62. The lowest BCUT2D eigenvalue weighted by atomic mass is 10.2. The van der Waals surface area contributed by atoms with Crippen LogP contribution in [0.25, 0.3) is 17.1 Å². The highest BCUT2D eigenvalue weighted by atomic mass is 79.9. The number of hydrogen-bond donors (Lipinski definition) is 1. The summed E-state index contributed by atoms with van der Waals surface area (Å²) in [5, 5.41) is 12.6. The van der Waals surface area contributed by atoms with E-state index in [0.29, 0.717) is 21.7 Å². The molecular formula is C23H17BrClFN4OS. The van der Waals surface area contributed by atoms with Crippen LogP contribution in [-0.4, -0.2) is 26.4 Å². The van der Waals surface area contributed by atoms with Crippen molar-refractivity contribution in [2.75, 3.05) is 11.1 Å². The highest BCUT2D eigenvalue weighted by molar-refractivity contribution is 9.10. The first-order chi connectivity index (χ1) is 15.4. The molecule has 1 heterocycles. The Kier molecular flexibility index (Phi) is 6.93. The molecule has 162 valence electrons. The zero-order valence-electron chi connectivity index (χ0n) is 16.8. The molecule has 0 saturated carbocycles. The van der Waals surface area contributed by atoms with Gasteiger partial charge >= 0.3 is 0 Å². The van der Waals surface area contributed by atoms with Crippen LogP contribution in [-0.2, 0) is 4.79 Å². The molecule has 0 fully saturated rings. The molecule has 0 atom stereocenters. The number of anilines is 1. The summed E-state index contributed by atoms with van der Waals surface area (Å²) in [4.78, 5) is 12.6. The number of aryl methyl sites for hydroxylation is 1. The SMILES string of the molecule is Cc1cc(Br)ccc1NC(=O)CSc1nnc(-c2ccc(Cl)cc2)n1-c1ccc(F)cc1. The number of thioether (sulfide) groups is 1. The van der Waals surface area contributed by atoms with Gasteiger partial charge in [0.25, 0.3) is 0 Å². The third kappa shape index (κ3) is 5.20. The lowest BCUT2D eigenvalue weighted by molar-refractivity contribution is -0.113. The van der Waals surface area contributed by atoms with Crippen LogP contribution in [0.3, 0.4) is 0 Å². The molecule has 1 amide bonds. The number of nitrogens with zero attached hydrogens (tertiary/aromatic N) is 3. The van der Waals surface area contributed by atoms with Crippen molar-refractivity contribution >= 4 is 50.9 Å². The summed E-state index contributed by atoms with van der Waals surface area (Å²) >= 11 is 10.7. The molecule has 3 aromatic carbocycles. The zero-order valence-corrected chi connectivity index (χ0v) is 20.0. The van der Waals surface area contributed by atoms with Crippen LogP contribution < -0.4 is 5.32 Å². The number of amides is 1. The minimum atomic E-state index is -0.340. The van der Waals surface area contributed by atoms with Crippen molar-refractivity contribution in [3.63, 3.8) is 0 Å². The summed E-state index contributed by atoms with van der Waals surface area (Å²) in [5.74, 6) is 0.200. The van der Waals surface area contributed by atoms with E-state index in [1.165, 1.54) is 23.9 Å². The van der Waals surface area contributed by atoms with E-state index in [2.05, 4.69) is 31.4 Å². The monoisotopic (exact) mass is 530 g/mol. The Balaban J connectivity index is 1.60. The summed E-state index contributed by atoms with van der Waals surface area (Å²) < 4.78 is 16.2. The van der Waals surface area contributed by atoms with Gasteiger partial charge in [-0.2, -0.15) is 0 Å². The molecule has 5 nitrogen and oxygen atoms in total. The Hall–Kier alpha value is -2.68. The van der Waals surface area contributed by atoms with Crippen molar-refractivity contribution in [2.24, 2.45) is 0 Å². The normalized spacial score (nSPS) is 10.9. The van der Waals surface area contributed by atoms with Crippen LogP contribution in [0.5, 0.6) is 0 Å². The molecule has 0 unspecified atom stereocenters. The first-order valence-electron chi connectivity index (χ1n) is 9.57. The van der Waals surface area contributed by atoms with Crippen LogP contribution in [0.2, 0.25) is 5.02 Å². The Morgan fingerprint density at radius 1 is 1.09 bits per heavy atom. The maximum atomic E-state index is 13.5. The fourth-order valence-electron chi connectivity index (χ4n) is 3.06. The average Bonchev–Trinajstić information content (AvgIpc) is 3.19. The summed E-state index contributed by atoms with van der Waals surface area (Å²) in [6, 6.07) is 18.9. The quantitative estimate of drug-likeness (QED) is 0.287. The van der Waals surface area contributed by atoms with Gasteiger partial charge in [0.15, 0.2) is 11.0 Å². The van der Waals surface area contributed by atoms with Gasteiger partial charge in [0, 0.05) is 26.4 Å². The fraction of sp³-hybridized carbons (Fsp3) is 0.0870. The van der Waals surface area contributed by atoms with Crippen LogP contribution >= 0.6 is 39.3 Å². The standard InChI is InChI=1S/C23H17BrClFN4OS/c1-14-12-16(24)4-11-20(14)27-21(31)13-32-23-29-28-22(15-2-5-17(25)6-3-15)30(23)19-9-7-18(26)8-10-19/h2-12H,13H2,1H3,(H,27,31). The van der Waals surface area contributed by atoms with Crippen LogP contribution in [0.1, 0.15) is 5.56 Å². The summed E-state index contributed by atoms with van der Waals surface area (Å²) in [5.41, 5.74) is 3.19. The molecule has 0 bridgehead atoms. The second-order valence-corrected chi connectivity index (χ2v) is 9.22. The minimum Gasteiger partial charge on any atom is -0.325 e. The van der Waals surface area contributed by atoms with Crippen molar-refractivity contribution in [3.05, 3.63) is 87.6 Å². The number of carbonyl (C=O) groups is 1. The van der Waals surface area contributed by atoms with Crippen molar-refractivity contribution in [2.45, 2.75) is 12.1 Å². The number of hydrogen-bond acceptors (Lipinski definition) is 4. The van der Waals surface area contributed by atoms with E-state index in [9.17, 15) is 9.18 Å². The van der Waals surface area contributed by atoms with Gasteiger partial charge in [0.1, 0.15) is 5.82 Å². The summed E-state index contributed by atoms with van der Waals surface area (Å²) in [6.07, 6.45) is 0. The number of rotatable bonds is 6. The van der Waals surface area contributed by atoms with Crippen molar-refractivity contribution in [3.8, 4) is 17.1 Å². The van der Waals surface area contributed by atoms with Gasteiger partial charge in [0.05, 0.1) is 5.75 Å². The molecule has 1 aromatic heterocycles. The predicted octanol–water partition coefficient (Wildman–Crippen LogP) is 6.53. The van der Waals surface area contributed by atoms with Crippen LogP contribution in [0.4, 0.5) is 10.1 Å². The lowest BCUT2D eigenvalue weighted by Gasteiger charge is -2.11. The molecule has 9 heteroatoms. The van der Waals surface area contributed by atoms with E-state index in [-0.39, 0.29) is 17.5 Å². The molecule has 4 rings (SSSR count). The van der Waals surface area contributed by atoms with E-state index in [1.54, 1.807) is 28.8 Å². The molecule has 1 N–H and O–H groups in total. The van der Waals surface area contributed by atoms with Crippen LogP contribution in [0.15, 0.2) is 76.4 Å². The smallest absolute Gasteiger partial charge is 0.234 e. The fourth-order valence-corrected chi connectivity index (χ4v) is 4.41. The molecule has 0 aliphatic heterocycles. The van der Waals surface area contributed by atoms with Gasteiger partial charge in [-0.15, -0.1) is 10.2 Å². The van der Waals surface area contributed by atoms with Gasteiger partial charge in [-0.1, -0.05) is 39.3 Å². The second kappa shape index (κ2) is 9.85. The van der Waals surface area contributed by atoms with E-state index >= 15 is 0 Å². The average molecular weight is 532 g/mol. The highest BCUT2D eigenvalue weighted by Crippen LogP contribution is 2.29. The third-order valence-corrected chi connectivity index (χ3v) is 6.29. The van der Waals surface area contributed by atoms with Gasteiger partial charge < -0.3 is 5.32 Å². The largest absolute Gasteiger partial charge is 0.325 e. The Morgan fingerprint density at radius 2 is 1.81 bits per heavy atom. The molecule has 0 aliphatic carbocycles. The second-order valence-electron chi connectivity index (χ2n) is 6.92. The Bertz CT molecular complexity index is 1260. The minimum absolute atomic E-state index is 0.134. The van der Waals surface area contributed by atoms with E-state index in [1.807, 2.05) is 37.3 Å². The van der Waals surface area contributed by atoms with Gasteiger partial charge in [-0.25, -0.2) is 4.39 Å². The maximum Gasteiger partial charge on any atom is 0.234 e. The van der Waals surface area contributed by atoms with Crippen molar-refractivity contribution in [1.82, 2.24) is 14.8 Å². The number of carbonyl (C=O) groups excluding carboxylic acids is 1. The van der Waals surface area contributed by atoms with Gasteiger partial charge in [-0.3, -0.25) is 9.36 Å². The van der Waals surface area contributed by atoms with E-state index < -0.39 is 0 Å². The summed E-state index contributed by atoms with van der Waals surface area (Å²) in [6.45, 7) is 1.93. The molecule has 32 heavy (non-hydrogen) atoms. The molecule has 0 spiro atoms. The van der Waals surface area contributed by atoms with Crippen molar-refractivity contribution < 1.29 is 9.18 Å². The number of halogens is 3. The Morgan fingerprint density at radius 3 is 2.50 bits per heavy atom. The maximum absolute atomic E-state index is 13.5. The summed E-state index contributed by atoms with van der Waals surface area (Å²) in [7, 11) is 0. The molecule has 0 aliphatic rings. The van der Waals surface area contributed by atoms with Crippen molar-refractivity contribution in [1.29, 1.82) is 0 Å². The predicted molar refractivity (Wildman–Crippen MR) is 130 cm³/mol. The lowest BCUT2D eigenvalue weighted by Crippen LogP contribution is -2.15. The van der Waals surface area contributed by atoms with E-state index in [4.69, 9.17) is 11.6 Å². The molecular weight excluding hydrogens is 515 g/mol. The van der Waals surface area contributed by atoms with Crippen LogP contribution in [0, 0.1) is 12.7 Å². The number of aromatic nitrogens is 3. The first kappa shape index (κ1) is 22.5. The molecule has 0 saturated heterocycles. The van der Waals surface area contributed by atoms with E-state index in [0.717, 1.165) is 21.3 Å². The molecule has 0 radical (unpaired) electrons. The Labute approximate surface area is 202 Å². The van der Waals surface area contributed by atoms with Gasteiger partial charge in [-0.05, 0) is 79.2 Å². The topological polar surface area (TPSA) is 59.8 Å². The number of benzene rings is 3. The molecule has 4 aromatic rings. The van der Waals surface area contributed by atoms with Gasteiger partial charge in [0.2, 0.25) is 5.91 Å². The zero-order chi connectivity index (χ0) is 22.7. The first-order valence-corrected chi connectivity index (χ1v) is 11.7. The number of nitrogens with one attached hydrogen (secondary N) is 1.